The lowest BCUT2D eigenvalue weighted by molar-refractivity contribution is -0.384. The predicted octanol–water partition coefficient (Wildman–Crippen LogP) is 6.75. The van der Waals surface area contributed by atoms with Gasteiger partial charge in [0.05, 0.1) is 18.1 Å². The first-order chi connectivity index (χ1) is 20.3. The number of nitro benzene ring substituents is 1. The van der Waals surface area contributed by atoms with Crippen molar-refractivity contribution >= 4 is 17.6 Å². The molecule has 0 atom stereocenters. The highest BCUT2D eigenvalue weighted by atomic mass is 16.6. The zero-order valence-electron chi connectivity index (χ0n) is 22.9. The van der Waals surface area contributed by atoms with E-state index in [1.165, 1.54) is 24.3 Å². The van der Waals surface area contributed by atoms with Crippen LogP contribution in [0.15, 0.2) is 84.9 Å². The van der Waals surface area contributed by atoms with Crippen LogP contribution in [-0.4, -0.2) is 40.3 Å². The first-order valence-corrected chi connectivity index (χ1v) is 13.4. The molecular formula is C33H27NO8. The SMILES string of the molecule is CCOC(=O)c1c2cccccc-2c(C(c2ccc([N+](=O)[O-])cc2)c2c3cccccc-3c(C(=O)OCC)c2O)c1O. The van der Waals surface area contributed by atoms with Crippen LogP contribution in [0.2, 0.25) is 0 Å². The largest absolute Gasteiger partial charge is 0.507 e. The minimum Gasteiger partial charge on any atom is -0.507 e. The van der Waals surface area contributed by atoms with E-state index in [-0.39, 0.29) is 52.7 Å². The highest BCUT2D eigenvalue weighted by molar-refractivity contribution is 6.06. The van der Waals surface area contributed by atoms with Gasteiger partial charge in [0.25, 0.3) is 5.69 Å². The summed E-state index contributed by atoms with van der Waals surface area (Å²) in [5.74, 6) is -3.15. The van der Waals surface area contributed by atoms with E-state index in [1.807, 2.05) is 0 Å². The van der Waals surface area contributed by atoms with Crippen molar-refractivity contribution in [2.45, 2.75) is 19.8 Å². The Morgan fingerprint density at radius 2 is 1.10 bits per heavy atom. The monoisotopic (exact) mass is 565 g/mol. The number of aromatic hydroxyl groups is 2. The molecule has 0 aliphatic heterocycles. The van der Waals surface area contributed by atoms with Gasteiger partial charge < -0.3 is 19.7 Å². The minimum atomic E-state index is -0.980. The topological polar surface area (TPSA) is 136 Å². The molecule has 4 aliphatic rings. The summed E-state index contributed by atoms with van der Waals surface area (Å²) < 4.78 is 10.6. The van der Waals surface area contributed by atoms with Gasteiger partial charge in [0.1, 0.15) is 22.6 Å². The van der Waals surface area contributed by atoms with E-state index in [0.29, 0.717) is 27.8 Å². The number of nitrogens with zero attached hydrogens (tertiary/aromatic N) is 1. The van der Waals surface area contributed by atoms with Gasteiger partial charge in [-0.1, -0.05) is 72.8 Å². The average molecular weight is 566 g/mol. The lowest BCUT2D eigenvalue weighted by atomic mass is 9.82. The summed E-state index contributed by atoms with van der Waals surface area (Å²) in [5.41, 5.74) is 2.59. The third kappa shape index (κ3) is 4.75. The lowest BCUT2D eigenvalue weighted by Crippen LogP contribution is -2.06. The second-order valence-corrected chi connectivity index (χ2v) is 9.47. The molecule has 0 fully saturated rings. The Morgan fingerprint density at radius 3 is 1.48 bits per heavy atom. The van der Waals surface area contributed by atoms with Crippen molar-refractivity contribution in [3.63, 3.8) is 0 Å². The minimum absolute atomic E-state index is 0.0449. The summed E-state index contributed by atoms with van der Waals surface area (Å²) in [6, 6.07) is 23.0. The molecule has 0 spiro atoms. The highest BCUT2D eigenvalue weighted by Crippen LogP contribution is 2.55. The highest BCUT2D eigenvalue weighted by Gasteiger charge is 2.39. The summed E-state index contributed by atoms with van der Waals surface area (Å²) in [6.07, 6.45) is 0. The molecule has 0 heterocycles. The number of carbonyl (C=O) groups excluding carboxylic acids is 2. The molecule has 0 bridgehead atoms. The molecule has 4 aliphatic carbocycles. The second kappa shape index (κ2) is 11.6. The van der Waals surface area contributed by atoms with Crippen molar-refractivity contribution in [3.8, 4) is 33.8 Å². The van der Waals surface area contributed by atoms with Gasteiger partial charge in [-0.05, 0) is 30.5 Å². The first-order valence-electron chi connectivity index (χ1n) is 13.4. The van der Waals surface area contributed by atoms with Crippen LogP contribution in [0.3, 0.4) is 0 Å². The Bertz CT molecular complexity index is 1640. The molecule has 0 unspecified atom stereocenters. The van der Waals surface area contributed by atoms with Crippen LogP contribution < -0.4 is 0 Å². The molecule has 1 aromatic carbocycles. The fourth-order valence-corrected chi connectivity index (χ4v) is 5.45. The standard InChI is InChI=1S/C33H27NO8/c1-3-41-32(37)28-23-13-9-5-7-11-21(23)26(30(28)35)25(19-15-17-20(18-16-19)34(39)40)27-22-12-8-6-10-14-24(22)29(31(27)36)33(38)42-4-2/h5-18,25,35-36H,3-4H2,1-2H3. The maximum atomic E-state index is 13.1. The summed E-state index contributed by atoms with van der Waals surface area (Å²) >= 11 is 0. The molecule has 0 saturated heterocycles. The number of benzene rings is 1. The van der Waals surface area contributed by atoms with E-state index < -0.39 is 22.8 Å². The van der Waals surface area contributed by atoms with Crippen LogP contribution >= 0.6 is 0 Å². The summed E-state index contributed by atoms with van der Waals surface area (Å²) in [7, 11) is 0. The Hall–Kier alpha value is -5.44. The lowest BCUT2D eigenvalue weighted by Gasteiger charge is -2.20. The molecule has 0 aromatic heterocycles. The number of ether oxygens (including phenoxy) is 2. The normalized spacial score (nSPS) is 11.1. The molecule has 0 amide bonds. The molecule has 5 rings (SSSR count). The number of esters is 2. The van der Waals surface area contributed by atoms with Gasteiger partial charge in [0.15, 0.2) is 0 Å². The molecule has 9 nitrogen and oxygen atoms in total. The molecule has 42 heavy (non-hydrogen) atoms. The number of fused-ring (bicyclic) bond motifs is 2. The number of hydrogen-bond acceptors (Lipinski definition) is 8. The molecule has 0 saturated carbocycles. The average Bonchev–Trinajstić information content (AvgIpc) is 3.16. The van der Waals surface area contributed by atoms with Crippen LogP contribution in [0.5, 0.6) is 11.5 Å². The van der Waals surface area contributed by atoms with Crippen LogP contribution in [0.1, 0.15) is 57.2 Å². The van der Waals surface area contributed by atoms with Gasteiger partial charge in [0.2, 0.25) is 0 Å². The van der Waals surface area contributed by atoms with Crippen LogP contribution in [0, 0.1) is 10.1 Å². The zero-order chi connectivity index (χ0) is 30.0. The molecular weight excluding hydrogens is 538 g/mol. The van der Waals surface area contributed by atoms with E-state index in [9.17, 15) is 29.9 Å². The number of nitro groups is 1. The zero-order valence-corrected chi connectivity index (χ0v) is 22.9. The third-order valence-corrected chi connectivity index (χ3v) is 7.15. The predicted molar refractivity (Wildman–Crippen MR) is 155 cm³/mol. The second-order valence-electron chi connectivity index (χ2n) is 9.47. The Labute approximate surface area is 241 Å². The molecule has 1 aromatic rings. The third-order valence-electron chi connectivity index (χ3n) is 7.15. The summed E-state index contributed by atoms with van der Waals surface area (Å²) in [4.78, 5) is 37.2. The Balaban J connectivity index is 1.91. The van der Waals surface area contributed by atoms with Crippen molar-refractivity contribution in [1.29, 1.82) is 0 Å². The molecule has 9 heteroatoms. The van der Waals surface area contributed by atoms with Crippen LogP contribution in [0.25, 0.3) is 22.3 Å². The van der Waals surface area contributed by atoms with Gasteiger partial charge in [-0.3, -0.25) is 10.1 Å². The molecule has 0 radical (unpaired) electrons. The van der Waals surface area contributed by atoms with Gasteiger partial charge in [-0.25, -0.2) is 9.59 Å². The van der Waals surface area contributed by atoms with Gasteiger partial charge in [-0.2, -0.15) is 0 Å². The van der Waals surface area contributed by atoms with E-state index in [2.05, 4.69) is 0 Å². The Morgan fingerprint density at radius 1 is 0.690 bits per heavy atom. The van der Waals surface area contributed by atoms with Gasteiger partial charge >= 0.3 is 11.9 Å². The number of non-ortho nitro benzene ring substituents is 1. The van der Waals surface area contributed by atoms with E-state index in [4.69, 9.17) is 9.47 Å². The van der Waals surface area contributed by atoms with Crippen LogP contribution in [-0.2, 0) is 9.47 Å². The quantitative estimate of drug-likeness (QED) is 0.120. The van der Waals surface area contributed by atoms with E-state index in [1.54, 1.807) is 74.5 Å². The molecule has 212 valence electrons. The van der Waals surface area contributed by atoms with Crippen molar-refractivity contribution < 1.29 is 34.2 Å². The van der Waals surface area contributed by atoms with Crippen molar-refractivity contribution in [2.75, 3.05) is 13.2 Å². The van der Waals surface area contributed by atoms with E-state index >= 15 is 0 Å². The maximum absolute atomic E-state index is 13.1. The van der Waals surface area contributed by atoms with E-state index in [0.717, 1.165) is 0 Å². The van der Waals surface area contributed by atoms with Crippen LogP contribution in [0.4, 0.5) is 5.69 Å². The molecule has 2 N–H and O–H groups in total. The van der Waals surface area contributed by atoms with Gasteiger partial charge in [0, 0.05) is 40.3 Å². The van der Waals surface area contributed by atoms with Crippen molar-refractivity contribution in [2.24, 2.45) is 0 Å². The Kier molecular flexibility index (Phi) is 7.75. The first kappa shape index (κ1) is 28.1. The van der Waals surface area contributed by atoms with Crippen molar-refractivity contribution in [1.82, 2.24) is 0 Å². The van der Waals surface area contributed by atoms with Gasteiger partial charge in [-0.15, -0.1) is 0 Å². The fraction of sp³-hybridized carbons (Fsp3) is 0.152. The summed E-state index contributed by atoms with van der Waals surface area (Å²) in [6.45, 7) is 3.48. The number of hydrogen-bond donors (Lipinski definition) is 2. The number of rotatable bonds is 8. The summed E-state index contributed by atoms with van der Waals surface area (Å²) in [5, 5.41) is 35.0. The van der Waals surface area contributed by atoms with Crippen molar-refractivity contribution in [3.05, 3.63) is 123 Å². The fourth-order valence-electron chi connectivity index (χ4n) is 5.45. The smallest absolute Gasteiger partial charge is 0.342 e. The maximum Gasteiger partial charge on any atom is 0.342 e. The number of carbonyl (C=O) groups is 2.